The third kappa shape index (κ3) is 5.09. The molecule has 3 aromatic rings. The summed E-state index contributed by atoms with van der Waals surface area (Å²) in [6.07, 6.45) is 0.758. The average molecular weight is 397 g/mol. The molecular formula is C23H25ClN2O2. The molecule has 0 atom stereocenters. The van der Waals surface area contributed by atoms with Crippen LogP contribution in [0.5, 0.6) is 0 Å². The topological polar surface area (TPSA) is 44.1 Å². The molecule has 1 heterocycles. The quantitative estimate of drug-likeness (QED) is 0.534. The van der Waals surface area contributed by atoms with Crippen molar-refractivity contribution in [1.82, 2.24) is 9.78 Å². The van der Waals surface area contributed by atoms with Crippen molar-refractivity contribution in [2.45, 2.75) is 45.9 Å². The minimum Gasteiger partial charge on any atom is -0.361 e. The maximum absolute atomic E-state index is 11.7. The lowest BCUT2D eigenvalue weighted by molar-refractivity contribution is -0.139. The monoisotopic (exact) mass is 396 g/mol. The summed E-state index contributed by atoms with van der Waals surface area (Å²) < 4.78 is 7.78. The van der Waals surface area contributed by atoms with Crippen molar-refractivity contribution >= 4 is 17.4 Å². The van der Waals surface area contributed by atoms with Crippen LogP contribution >= 0.6 is 11.6 Å². The Kier molecular flexibility index (Phi) is 6.32. The van der Waals surface area contributed by atoms with Crippen molar-refractivity contribution in [2.75, 3.05) is 0 Å². The van der Waals surface area contributed by atoms with E-state index in [1.165, 1.54) is 12.5 Å². The van der Waals surface area contributed by atoms with Gasteiger partial charge in [-0.15, -0.1) is 0 Å². The number of Topliss-reactive ketones (excluding diaryl/α,β-unsaturated/α-hetero) is 1. The summed E-state index contributed by atoms with van der Waals surface area (Å²) in [5.74, 6) is -0.00694. The van der Waals surface area contributed by atoms with Gasteiger partial charge in [0.1, 0.15) is 5.60 Å². The first kappa shape index (κ1) is 20.3. The zero-order valence-electron chi connectivity index (χ0n) is 16.5. The molecule has 0 bridgehead atoms. The fourth-order valence-electron chi connectivity index (χ4n) is 2.81. The number of nitrogens with zero attached hydrogens (tertiary/aromatic N) is 2. The summed E-state index contributed by atoms with van der Waals surface area (Å²) in [7, 11) is 0. The molecule has 2 aromatic carbocycles. The molecule has 4 nitrogen and oxygen atoms in total. The van der Waals surface area contributed by atoms with Gasteiger partial charge in [0.15, 0.2) is 5.78 Å². The molecule has 1 aromatic heterocycles. The number of benzene rings is 2. The van der Waals surface area contributed by atoms with Crippen LogP contribution in [0, 0.1) is 0 Å². The van der Waals surface area contributed by atoms with Crippen molar-refractivity contribution in [2.24, 2.45) is 0 Å². The summed E-state index contributed by atoms with van der Waals surface area (Å²) in [6.45, 7) is 5.96. The minimum absolute atomic E-state index is 0.00694. The van der Waals surface area contributed by atoms with E-state index < -0.39 is 5.60 Å². The summed E-state index contributed by atoms with van der Waals surface area (Å²) in [5, 5.41) is 5.45. The lowest BCUT2D eigenvalue weighted by atomic mass is 10.1. The number of aromatic nitrogens is 2. The van der Waals surface area contributed by atoms with E-state index in [0.29, 0.717) is 6.54 Å². The number of ketones is 1. The molecule has 5 heteroatoms. The Morgan fingerprint density at radius 3 is 2.46 bits per heavy atom. The lowest BCUT2D eigenvalue weighted by Crippen LogP contribution is -2.32. The molecule has 0 aliphatic heterocycles. The van der Waals surface area contributed by atoms with Crippen molar-refractivity contribution in [3.05, 3.63) is 88.2 Å². The van der Waals surface area contributed by atoms with Gasteiger partial charge in [0.2, 0.25) is 0 Å². The summed E-state index contributed by atoms with van der Waals surface area (Å²) in [4.78, 5) is 11.7. The molecule has 0 amide bonds. The Balaban J connectivity index is 1.86. The molecule has 0 saturated carbocycles. The molecule has 0 aliphatic rings. The Morgan fingerprint density at radius 1 is 1.11 bits per heavy atom. The fourth-order valence-corrected chi connectivity index (χ4v) is 3.01. The summed E-state index contributed by atoms with van der Waals surface area (Å²) in [6, 6.07) is 20.1. The van der Waals surface area contributed by atoms with Crippen LogP contribution in [-0.4, -0.2) is 21.2 Å². The second kappa shape index (κ2) is 8.72. The smallest absolute Gasteiger partial charge is 0.161 e. The highest BCUT2D eigenvalue weighted by molar-refractivity contribution is 6.31. The second-order valence-electron chi connectivity index (χ2n) is 7.39. The first-order valence-corrected chi connectivity index (χ1v) is 9.71. The number of halogens is 1. The van der Waals surface area contributed by atoms with E-state index >= 15 is 0 Å². The molecule has 146 valence electrons. The van der Waals surface area contributed by atoms with Crippen LogP contribution in [0.3, 0.4) is 0 Å². The maximum Gasteiger partial charge on any atom is 0.161 e. The highest BCUT2D eigenvalue weighted by atomic mass is 35.5. The van der Waals surface area contributed by atoms with Gasteiger partial charge in [0.25, 0.3) is 0 Å². The molecule has 0 saturated heterocycles. The van der Waals surface area contributed by atoms with Gasteiger partial charge in [0.05, 0.1) is 18.8 Å². The van der Waals surface area contributed by atoms with Gasteiger partial charge in [-0.2, -0.15) is 5.10 Å². The van der Waals surface area contributed by atoms with E-state index in [9.17, 15) is 4.79 Å². The van der Waals surface area contributed by atoms with E-state index in [1.54, 1.807) is 13.8 Å². The molecule has 0 radical (unpaired) electrons. The van der Waals surface area contributed by atoms with Gasteiger partial charge in [0, 0.05) is 17.1 Å². The molecule has 0 fully saturated rings. The molecule has 3 rings (SSSR count). The fraction of sp³-hybridized carbons (Fsp3) is 0.304. The van der Waals surface area contributed by atoms with Crippen molar-refractivity contribution in [3.8, 4) is 0 Å². The van der Waals surface area contributed by atoms with Crippen molar-refractivity contribution < 1.29 is 9.53 Å². The van der Waals surface area contributed by atoms with Crippen molar-refractivity contribution in [3.63, 3.8) is 0 Å². The first-order valence-electron chi connectivity index (χ1n) is 9.33. The number of carbonyl (C=O) groups excluding carboxylic acids is 1. The predicted molar refractivity (Wildman–Crippen MR) is 112 cm³/mol. The Bertz CT molecular complexity index is 948. The zero-order valence-corrected chi connectivity index (χ0v) is 17.2. The Morgan fingerprint density at radius 2 is 1.79 bits per heavy atom. The summed E-state index contributed by atoms with van der Waals surface area (Å²) >= 11 is 6.35. The van der Waals surface area contributed by atoms with E-state index in [0.717, 1.165) is 28.4 Å². The van der Waals surface area contributed by atoms with Crippen LogP contribution in [0.25, 0.3) is 0 Å². The maximum atomic E-state index is 11.7. The molecule has 28 heavy (non-hydrogen) atoms. The minimum atomic E-state index is -0.827. The van der Waals surface area contributed by atoms with E-state index in [1.807, 2.05) is 53.2 Å². The summed E-state index contributed by atoms with van der Waals surface area (Å²) in [5.41, 5.74) is 3.27. The number of rotatable bonds is 8. The second-order valence-corrected chi connectivity index (χ2v) is 7.80. The normalized spacial score (nSPS) is 11.6. The number of hydrogen-bond donors (Lipinski definition) is 0. The van der Waals surface area contributed by atoms with Crippen LogP contribution in [0.2, 0.25) is 5.02 Å². The Labute approximate surface area is 171 Å². The standard InChI is InChI=1S/C23H25ClN2O2/c1-17(27)23(2,3)28-16-20-14-21(13-18-9-5-4-6-10-18)26(25-20)15-19-11-7-8-12-22(19)24/h4-12,14H,13,15-16H2,1-3H3. The third-order valence-corrected chi connectivity index (χ3v) is 5.22. The van der Waals surface area contributed by atoms with Crippen LogP contribution in [-0.2, 0) is 29.1 Å². The average Bonchev–Trinajstić information content (AvgIpc) is 3.04. The van der Waals surface area contributed by atoms with Gasteiger partial charge >= 0.3 is 0 Å². The van der Waals surface area contributed by atoms with Crippen molar-refractivity contribution in [1.29, 1.82) is 0 Å². The first-order chi connectivity index (χ1) is 13.3. The molecule has 0 aliphatic carbocycles. The lowest BCUT2D eigenvalue weighted by Gasteiger charge is -2.21. The third-order valence-electron chi connectivity index (χ3n) is 4.85. The zero-order chi connectivity index (χ0) is 20.1. The number of hydrogen-bond acceptors (Lipinski definition) is 3. The SMILES string of the molecule is CC(=O)C(C)(C)OCc1cc(Cc2ccccc2)n(Cc2ccccc2Cl)n1. The van der Waals surface area contributed by atoms with E-state index in [2.05, 4.69) is 12.1 Å². The largest absolute Gasteiger partial charge is 0.361 e. The molecule has 0 spiro atoms. The number of carbonyl (C=O) groups is 1. The predicted octanol–water partition coefficient (Wildman–Crippen LogP) is 5.06. The highest BCUT2D eigenvalue weighted by Crippen LogP contribution is 2.20. The van der Waals surface area contributed by atoms with Gasteiger partial charge in [-0.3, -0.25) is 9.48 Å². The van der Waals surface area contributed by atoms with Crippen LogP contribution < -0.4 is 0 Å². The van der Waals surface area contributed by atoms with Gasteiger partial charge in [-0.05, 0) is 44.0 Å². The highest BCUT2D eigenvalue weighted by Gasteiger charge is 2.25. The van der Waals surface area contributed by atoms with Gasteiger partial charge in [-0.1, -0.05) is 60.1 Å². The molecular weight excluding hydrogens is 372 g/mol. The van der Waals surface area contributed by atoms with Gasteiger partial charge in [-0.25, -0.2) is 0 Å². The van der Waals surface area contributed by atoms with E-state index in [4.69, 9.17) is 21.4 Å². The van der Waals surface area contributed by atoms with Crippen LogP contribution in [0.1, 0.15) is 43.3 Å². The molecule has 0 N–H and O–H groups in total. The van der Waals surface area contributed by atoms with E-state index in [-0.39, 0.29) is 12.4 Å². The van der Waals surface area contributed by atoms with Crippen LogP contribution in [0.15, 0.2) is 60.7 Å². The van der Waals surface area contributed by atoms with Crippen LogP contribution in [0.4, 0.5) is 0 Å². The number of ether oxygens (including phenoxy) is 1. The van der Waals surface area contributed by atoms with Gasteiger partial charge < -0.3 is 4.74 Å². The Hall–Kier alpha value is -2.43. The molecule has 0 unspecified atom stereocenters.